The van der Waals surface area contributed by atoms with E-state index in [0.717, 1.165) is 0 Å². The molecule has 0 aliphatic rings. The minimum atomic E-state index is -0.763. The summed E-state index contributed by atoms with van der Waals surface area (Å²) in [4.78, 5) is 19.4. The Bertz CT molecular complexity index is 398. The fourth-order valence-electron chi connectivity index (χ4n) is 1.04. The van der Waals surface area contributed by atoms with Crippen molar-refractivity contribution in [3.05, 3.63) is 18.1 Å². The number of nitrogens with zero attached hydrogens (tertiary/aromatic N) is 2. The summed E-state index contributed by atoms with van der Waals surface area (Å²) in [5, 5.41) is 0. The Kier molecular flexibility index (Phi) is 3.77. The number of hydrogen-bond donors (Lipinski definition) is 1. The average Bonchev–Trinajstić information content (AvgIpc) is 2.28. The Morgan fingerprint density at radius 1 is 1.67 bits per heavy atom. The van der Waals surface area contributed by atoms with Crippen molar-refractivity contribution in [1.29, 1.82) is 0 Å². The van der Waals surface area contributed by atoms with Gasteiger partial charge in [-0.25, -0.2) is 9.97 Å². The Morgan fingerprint density at radius 3 is 2.93 bits per heavy atom. The molecule has 1 aromatic rings. The molecule has 0 spiro atoms. The predicted molar refractivity (Wildman–Crippen MR) is 54.3 cm³/mol. The van der Waals surface area contributed by atoms with E-state index in [1.165, 1.54) is 19.5 Å². The number of methoxy groups -OCH3 is 1. The maximum absolute atomic E-state index is 11.7. The maximum atomic E-state index is 11.7. The van der Waals surface area contributed by atoms with Gasteiger partial charge in [0.05, 0.1) is 13.2 Å². The van der Waals surface area contributed by atoms with Gasteiger partial charge in [-0.15, -0.1) is 12.3 Å². The van der Waals surface area contributed by atoms with E-state index in [4.69, 9.17) is 16.9 Å². The molecular weight excluding hydrogens is 194 g/mol. The molecule has 0 radical (unpaired) electrons. The SMILES string of the molecule is C#CCC(N)C(=O)c1nccnc1OC. The van der Waals surface area contributed by atoms with Gasteiger partial charge in [0.25, 0.3) is 0 Å². The summed E-state index contributed by atoms with van der Waals surface area (Å²) in [5.41, 5.74) is 5.68. The Labute approximate surface area is 87.7 Å². The van der Waals surface area contributed by atoms with Crippen molar-refractivity contribution < 1.29 is 9.53 Å². The van der Waals surface area contributed by atoms with E-state index in [1.807, 2.05) is 0 Å². The van der Waals surface area contributed by atoms with Crippen LogP contribution in [0.3, 0.4) is 0 Å². The molecule has 0 fully saturated rings. The lowest BCUT2D eigenvalue weighted by Gasteiger charge is -2.08. The van der Waals surface area contributed by atoms with Gasteiger partial charge >= 0.3 is 0 Å². The molecular formula is C10H11N3O2. The summed E-state index contributed by atoms with van der Waals surface area (Å²) in [6.07, 6.45) is 8.07. The van der Waals surface area contributed by atoms with Crippen molar-refractivity contribution in [2.75, 3.05) is 7.11 Å². The quantitative estimate of drug-likeness (QED) is 0.553. The van der Waals surface area contributed by atoms with E-state index in [9.17, 15) is 4.79 Å². The van der Waals surface area contributed by atoms with Crippen LogP contribution in [-0.4, -0.2) is 28.9 Å². The van der Waals surface area contributed by atoms with Crippen LogP contribution in [0.15, 0.2) is 12.4 Å². The normalized spacial score (nSPS) is 11.5. The smallest absolute Gasteiger partial charge is 0.243 e. The maximum Gasteiger partial charge on any atom is 0.243 e. The number of hydrogen-bond acceptors (Lipinski definition) is 5. The minimum absolute atomic E-state index is 0.114. The average molecular weight is 205 g/mol. The highest BCUT2D eigenvalue weighted by Gasteiger charge is 2.20. The molecule has 15 heavy (non-hydrogen) atoms. The zero-order valence-electron chi connectivity index (χ0n) is 8.30. The third kappa shape index (κ3) is 2.51. The lowest BCUT2D eigenvalue weighted by Crippen LogP contribution is -2.31. The van der Waals surface area contributed by atoms with Gasteiger partial charge in [-0.3, -0.25) is 4.79 Å². The fraction of sp³-hybridized carbons (Fsp3) is 0.300. The van der Waals surface area contributed by atoms with E-state index >= 15 is 0 Å². The number of rotatable bonds is 4. The second-order valence-corrected chi connectivity index (χ2v) is 2.79. The number of carbonyl (C=O) groups excluding carboxylic acids is 1. The highest BCUT2D eigenvalue weighted by atomic mass is 16.5. The van der Waals surface area contributed by atoms with Gasteiger partial charge in [-0.1, -0.05) is 0 Å². The summed E-state index contributed by atoms with van der Waals surface area (Å²) < 4.78 is 4.89. The van der Waals surface area contributed by atoms with Crippen molar-refractivity contribution in [3.63, 3.8) is 0 Å². The number of carbonyl (C=O) groups is 1. The number of ketones is 1. The molecule has 0 bridgehead atoms. The van der Waals surface area contributed by atoms with Crippen molar-refractivity contribution >= 4 is 5.78 Å². The lowest BCUT2D eigenvalue weighted by atomic mass is 10.1. The molecule has 5 heteroatoms. The third-order valence-electron chi connectivity index (χ3n) is 1.77. The van der Waals surface area contributed by atoms with Gasteiger partial charge in [0.1, 0.15) is 0 Å². The Balaban J connectivity index is 2.96. The highest BCUT2D eigenvalue weighted by molar-refractivity contribution is 6.00. The monoisotopic (exact) mass is 205 g/mol. The largest absolute Gasteiger partial charge is 0.479 e. The van der Waals surface area contributed by atoms with Crippen molar-refractivity contribution in [1.82, 2.24) is 9.97 Å². The van der Waals surface area contributed by atoms with Crippen LogP contribution in [0.25, 0.3) is 0 Å². The predicted octanol–water partition coefficient (Wildman–Crippen LogP) is 0.0185. The minimum Gasteiger partial charge on any atom is -0.479 e. The van der Waals surface area contributed by atoms with Gasteiger partial charge in [0.2, 0.25) is 11.7 Å². The zero-order valence-corrected chi connectivity index (χ0v) is 8.30. The van der Waals surface area contributed by atoms with Gasteiger partial charge < -0.3 is 10.5 Å². The fourth-order valence-corrected chi connectivity index (χ4v) is 1.04. The van der Waals surface area contributed by atoms with E-state index in [0.29, 0.717) is 0 Å². The van der Waals surface area contributed by atoms with Crippen molar-refractivity contribution in [3.8, 4) is 18.2 Å². The molecule has 1 heterocycles. The Morgan fingerprint density at radius 2 is 2.33 bits per heavy atom. The van der Waals surface area contributed by atoms with Gasteiger partial charge in [0, 0.05) is 18.8 Å². The molecule has 0 amide bonds. The third-order valence-corrected chi connectivity index (χ3v) is 1.77. The lowest BCUT2D eigenvalue weighted by molar-refractivity contribution is 0.0953. The molecule has 2 N–H and O–H groups in total. The molecule has 1 aromatic heterocycles. The van der Waals surface area contributed by atoms with Crippen LogP contribution in [0.4, 0.5) is 0 Å². The number of aromatic nitrogens is 2. The second kappa shape index (κ2) is 5.08. The first kappa shape index (κ1) is 11.1. The molecule has 0 aliphatic carbocycles. The van der Waals surface area contributed by atoms with E-state index in [1.54, 1.807) is 0 Å². The highest BCUT2D eigenvalue weighted by Crippen LogP contribution is 2.12. The molecule has 1 atom stereocenters. The van der Waals surface area contributed by atoms with Crippen molar-refractivity contribution in [2.45, 2.75) is 12.5 Å². The number of terminal acetylenes is 1. The van der Waals surface area contributed by atoms with Crippen LogP contribution >= 0.6 is 0 Å². The summed E-state index contributed by atoms with van der Waals surface area (Å²) >= 11 is 0. The summed E-state index contributed by atoms with van der Waals surface area (Å²) in [5.74, 6) is 2.12. The zero-order chi connectivity index (χ0) is 11.3. The molecule has 1 unspecified atom stereocenters. The van der Waals surface area contributed by atoms with Crippen LogP contribution in [-0.2, 0) is 0 Å². The van der Waals surface area contributed by atoms with Crippen molar-refractivity contribution in [2.24, 2.45) is 5.73 Å². The molecule has 0 aliphatic heterocycles. The van der Waals surface area contributed by atoms with Gasteiger partial charge in [-0.05, 0) is 0 Å². The summed E-state index contributed by atoms with van der Waals surface area (Å²) in [6.45, 7) is 0. The first-order valence-corrected chi connectivity index (χ1v) is 4.29. The first-order valence-electron chi connectivity index (χ1n) is 4.29. The Hall–Kier alpha value is -1.93. The first-order chi connectivity index (χ1) is 7.20. The number of nitrogens with two attached hydrogens (primary N) is 1. The summed E-state index contributed by atoms with van der Waals surface area (Å²) in [6, 6.07) is -0.763. The van der Waals surface area contributed by atoms with E-state index in [-0.39, 0.29) is 23.8 Å². The van der Waals surface area contributed by atoms with Crippen LogP contribution in [0, 0.1) is 12.3 Å². The topological polar surface area (TPSA) is 78.1 Å². The molecule has 0 aromatic carbocycles. The molecule has 0 saturated heterocycles. The number of Topliss-reactive ketones (excluding diaryl/α,β-unsaturated/α-hetero) is 1. The van der Waals surface area contributed by atoms with Crippen LogP contribution in [0.1, 0.15) is 16.9 Å². The van der Waals surface area contributed by atoms with Gasteiger partial charge in [0.15, 0.2) is 5.69 Å². The van der Waals surface area contributed by atoms with E-state index in [2.05, 4.69) is 15.9 Å². The molecule has 0 saturated carbocycles. The second-order valence-electron chi connectivity index (χ2n) is 2.79. The number of ether oxygens (including phenoxy) is 1. The van der Waals surface area contributed by atoms with Crippen LogP contribution in [0.5, 0.6) is 5.88 Å². The van der Waals surface area contributed by atoms with Crippen LogP contribution < -0.4 is 10.5 Å². The summed E-state index contributed by atoms with van der Waals surface area (Å²) in [7, 11) is 1.41. The van der Waals surface area contributed by atoms with Crippen LogP contribution in [0.2, 0.25) is 0 Å². The molecule has 78 valence electrons. The van der Waals surface area contributed by atoms with Gasteiger partial charge in [-0.2, -0.15) is 0 Å². The van der Waals surface area contributed by atoms with E-state index < -0.39 is 6.04 Å². The molecule has 1 rings (SSSR count). The molecule has 5 nitrogen and oxygen atoms in total. The standard InChI is InChI=1S/C10H11N3O2/c1-3-4-7(11)9(14)8-10(15-2)13-6-5-12-8/h1,5-7H,4,11H2,2H3.